The maximum Gasteiger partial charge on any atom is 0.257 e. The van der Waals surface area contributed by atoms with Gasteiger partial charge >= 0.3 is 0 Å². The van der Waals surface area contributed by atoms with Crippen molar-refractivity contribution >= 4 is 5.91 Å². The second kappa shape index (κ2) is 3.64. The van der Waals surface area contributed by atoms with Gasteiger partial charge in [0.25, 0.3) is 5.91 Å². The van der Waals surface area contributed by atoms with E-state index in [1.165, 1.54) is 26.4 Å². The maximum absolute atomic E-state index is 11.2. The second-order valence-electron chi connectivity index (χ2n) is 3.91. The van der Waals surface area contributed by atoms with Crippen LogP contribution in [0.1, 0.15) is 19.3 Å². The Labute approximate surface area is 78.2 Å². The molecule has 4 heteroatoms. The van der Waals surface area contributed by atoms with Gasteiger partial charge in [0.15, 0.2) is 0 Å². The fourth-order valence-electron chi connectivity index (χ4n) is 2.24. The van der Waals surface area contributed by atoms with Gasteiger partial charge in [0, 0.05) is 6.04 Å². The van der Waals surface area contributed by atoms with Crippen LogP contribution in [0.3, 0.4) is 0 Å². The lowest BCUT2D eigenvalue weighted by Gasteiger charge is -2.25. The van der Waals surface area contributed by atoms with Crippen molar-refractivity contribution in [3.8, 4) is 0 Å². The summed E-state index contributed by atoms with van der Waals surface area (Å²) in [5.74, 6) is 0.846. The van der Waals surface area contributed by atoms with Crippen LogP contribution >= 0.6 is 0 Å². The minimum Gasteiger partial charge on any atom is -0.291 e. The molecule has 2 aliphatic rings. The SMILES string of the molecule is CONC(=O)CN1CCCC2CC21. The Hall–Kier alpha value is -0.610. The molecule has 74 valence electrons. The van der Waals surface area contributed by atoms with Crippen molar-refractivity contribution in [3.63, 3.8) is 0 Å². The summed E-state index contributed by atoms with van der Waals surface area (Å²) in [6.07, 6.45) is 3.88. The quantitative estimate of drug-likeness (QED) is 0.635. The third-order valence-electron chi connectivity index (χ3n) is 2.94. The first kappa shape index (κ1) is 8.97. The van der Waals surface area contributed by atoms with E-state index in [1.807, 2.05) is 0 Å². The number of fused-ring (bicyclic) bond motifs is 1. The Morgan fingerprint density at radius 1 is 1.69 bits per heavy atom. The van der Waals surface area contributed by atoms with Crippen molar-refractivity contribution in [2.45, 2.75) is 25.3 Å². The zero-order valence-corrected chi connectivity index (χ0v) is 7.95. The third kappa shape index (κ3) is 2.00. The largest absolute Gasteiger partial charge is 0.291 e. The van der Waals surface area contributed by atoms with Crippen LogP contribution in [0.2, 0.25) is 0 Å². The number of rotatable bonds is 3. The summed E-state index contributed by atoms with van der Waals surface area (Å²) in [5.41, 5.74) is 2.35. The zero-order valence-electron chi connectivity index (χ0n) is 7.95. The Morgan fingerprint density at radius 3 is 3.31 bits per heavy atom. The molecular weight excluding hydrogens is 168 g/mol. The molecule has 1 heterocycles. The minimum atomic E-state index is -0.0324. The lowest BCUT2D eigenvalue weighted by molar-refractivity contribution is -0.132. The zero-order chi connectivity index (χ0) is 9.26. The molecule has 2 unspecified atom stereocenters. The van der Waals surface area contributed by atoms with Crippen molar-refractivity contribution in [1.29, 1.82) is 0 Å². The average molecular weight is 184 g/mol. The summed E-state index contributed by atoms with van der Waals surface area (Å²) in [6, 6.07) is 0.691. The van der Waals surface area contributed by atoms with Crippen LogP contribution in [0.25, 0.3) is 0 Å². The average Bonchev–Trinajstić information content (AvgIpc) is 2.84. The minimum absolute atomic E-state index is 0.0324. The van der Waals surface area contributed by atoms with Gasteiger partial charge in [-0.1, -0.05) is 0 Å². The summed E-state index contributed by atoms with van der Waals surface area (Å²) in [7, 11) is 1.47. The molecule has 2 rings (SSSR count). The standard InChI is InChI=1S/C9H16N2O2/c1-13-10-9(12)6-11-4-2-3-7-5-8(7)11/h7-8H,2-6H2,1H3,(H,10,12). The number of carbonyl (C=O) groups is 1. The van der Waals surface area contributed by atoms with E-state index in [2.05, 4.69) is 15.2 Å². The molecule has 1 aliphatic carbocycles. The summed E-state index contributed by atoms with van der Waals surface area (Å²) in [6.45, 7) is 1.56. The van der Waals surface area contributed by atoms with Crippen molar-refractivity contribution in [2.75, 3.05) is 20.2 Å². The van der Waals surface area contributed by atoms with E-state index in [0.717, 1.165) is 12.5 Å². The van der Waals surface area contributed by atoms with Gasteiger partial charge in [-0.3, -0.25) is 14.5 Å². The van der Waals surface area contributed by atoms with Crippen LogP contribution < -0.4 is 5.48 Å². The molecule has 0 spiro atoms. The van der Waals surface area contributed by atoms with E-state index >= 15 is 0 Å². The summed E-state index contributed by atoms with van der Waals surface area (Å²) >= 11 is 0. The van der Waals surface area contributed by atoms with Gasteiger partial charge in [-0.15, -0.1) is 0 Å². The lowest BCUT2D eigenvalue weighted by atomic mass is 10.1. The predicted molar refractivity (Wildman–Crippen MR) is 47.9 cm³/mol. The Morgan fingerprint density at radius 2 is 2.54 bits per heavy atom. The smallest absolute Gasteiger partial charge is 0.257 e. The normalized spacial score (nSPS) is 32.4. The van der Waals surface area contributed by atoms with Gasteiger partial charge in [-0.2, -0.15) is 0 Å². The van der Waals surface area contributed by atoms with E-state index < -0.39 is 0 Å². The molecule has 4 nitrogen and oxygen atoms in total. The van der Waals surface area contributed by atoms with Crippen LogP contribution in [0.15, 0.2) is 0 Å². The molecule has 0 aromatic rings. The van der Waals surface area contributed by atoms with E-state index in [1.54, 1.807) is 0 Å². The number of hydroxylamine groups is 1. The van der Waals surface area contributed by atoms with Crippen LogP contribution in [0.5, 0.6) is 0 Å². The lowest BCUT2D eigenvalue weighted by Crippen LogP contribution is -2.40. The Balaban J connectivity index is 1.77. The second-order valence-corrected chi connectivity index (χ2v) is 3.91. The molecule has 0 bridgehead atoms. The highest BCUT2D eigenvalue weighted by Gasteiger charge is 2.44. The number of piperidine rings is 1. The fourth-order valence-corrected chi connectivity index (χ4v) is 2.24. The number of nitrogens with zero attached hydrogens (tertiary/aromatic N) is 1. The third-order valence-corrected chi connectivity index (χ3v) is 2.94. The van der Waals surface area contributed by atoms with E-state index in [0.29, 0.717) is 12.6 Å². The van der Waals surface area contributed by atoms with Crippen LogP contribution in [-0.4, -0.2) is 37.0 Å². The maximum atomic E-state index is 11.2. The number of hydrogen-bond donors (Lipinski definition) is 1. The molecule has 1 saturated carbocycles. The highest BCUT2D eigenvalue weighted by Crippen LogP contribution is 2.42. The number of amides is 1. The van der Waals surface area contributed by atoms with E-state index in [9.17, 15) is 4.79 Å². The summed E-state index contributed by atoms with van der Waals surface area (Å²) < 4.78 is 0. The molecule has 1 N–H and O–H groups in total. The number of carbonyl (C=O) groups excluding carboxylic acids is 1. The molecule has 1 saturated heterocycles. The topological polar surface area (TPSA) is 41.6 Å². The van der Waals surface area contributed by atoms with Gasteiger partial charge in [0.2, 0.25) is 0 Å². The van der Waals surface area contributed by atoms with Gasteiger partial charge in [-0.05, 0) is 31.7 Å². The van der Waals surface area contributed by atoms with Crippen LogP contribution in [0.4, 0.5) is 0 Å². The van der Waals surface area contributed by atoms with Crippen LogP contribution in [-0.2, 0) is 9.63 Å². The molecule has 1 amide bonds. The van der Waals surface area contributed by atoms with Gasteiger partial charge in [-0.25, -0.2) is 5.48 Å². The first-order valence-electron chi connectivity index (χ1n) is 4.87. The highest BCUT2D eigenvalue weighted by molar-refractivity contribution is 5.77. The monoisotopic (exact) mass is 184 g/mol. The molecule has 1 aliphatic heterocycles. The molecular formula is C9H16N2O2. The van der Waals surface area contributed by atoms with Crippen molar-refractivity contribution in [3.05, 3.63) is 0 Å². The molecule has 2 atom stereocenters. The molecule has 2 fully saturated rings. The first-order chi connectivity index (χ1) is 6.31. The van der Waals surface area contributed by atoms with Crippen molar-refractivity contribution in [1.82, 2.24) is 10.4 Å². The van der Waals surface area contributed by atoms with Crippen LogP contribution in [0, 0.1) is 5.92 Å². The van der Waals surface area contributed by atoms with E-state index in [4.69, 9.17) is 0 Å². The van der Waals surface area contributed by atoms with E-state index in [-0.39, 0.29) is 5.91 Å². The van der Waals surface area contributed by atoms with Crippen molar-refractivity contribution < 1.29 is 9.63 Å². The first-order valence-corrected chi connectivity index (χ1v) is 4.87. The number of hydrogen-bond acceptors (Lipinski definition) is 3. The Kier molecular flexibility index (Phi) is 2.51. The molecule has 0 aromatic carbocycles. The fraction of sp³-hybridized carbons (Fsp3) is 0.889. The Bertz CT molecular complexity index is 208. The predicted octanol–water partition coefficient (Wildman–Crippen LogP) is 0.148. The van der Waals surface area contributed by atoms with Gasteiger partial charge in [0.05, 0.1) is 13.7 Å². The highest BCUT2D eigenvalue weighted by atomic mass is 16.6. The number of nitrogens with one attached hydrogen (secondary N) is 1. The summed E-state index contributed by atoms with van der Waals surface area (Å²) in [5, 5.41) is 0. The van der Waals surface area contributed by atoms with Crippen molar-refractivity contribution in [2.24, 2.45) is 5.92 Å². The molecule has 0 aromatic heterocycles. The number of likely N-dealkylation sites (tertiary alicyclic amines) is 1. The molecule has 13 heavy (non-hydrogen) atoms. The van der Waals surface area contributed by atoms with Gasteiger partial charge in [0.1, 0.15) is 0 Å². The van der Waals surface area contributed by atoms with Gasteiger partial charge < -0.3 is 0 Å². The molecule has 0 radical (unpaired) electrons. The summed E-state index contributed by atoms with van der Waals surface area (Å²) in [4.78, 5) is 18.0.